The molecule has 1 N–H and O–H groups in total. The fraction of sp³-hybridized carbons (Fsp3) is 0.455. The Labute approximate surface area is 111 Å². The van der Waals surface area contributed by atoms with E-state index in [-0.39, 0.29) is 29.2 Å². The van der Waals surface area contributed by atoms with E-state index in [1.807, 2.05) is 6.07 Å². The Bertz CT molecular complexity index is 406. The van der Waals surface area contributed by atoms with Gasteiger partial charge in [-0.25, -0.2) is 0 Å². The maximum absolute atomic E-state index is 10.8. The monoisotopic (exact) mass is 276 g/mol. The third-order valence-corrected chi connectivity index (χ3v) is 3.20. The van der Waals surface area contributed by atoms with Crippen molar-refractivity contribution in [1.82, 2.24) is 5.32 Å². The van der Waals surface area contributed by atoms with Gasteiger partial charge in [-0.1, -0.05) is 24.1 Å². The van der Waals surface area contributed by atoms with Crippen molar-refractivity contribution in [2.24, 2.45) is 0 Å². The number of piperidine rings is 1. The third-order valence-electron chi connectivity index (χ3n) is 2.88. The Morgan fingerprint density at radius 1 is 1.41 bits per heavy atom. The molecule has 1 fully saturated rings. The predicted octanol–water partition coefficient (Wildman–Crippen LogP) is 3.48. The first-order valence-electron chi connectivity index (χ1n) is 5.35. The number of hydrogen-bond donors (Lipinski definition) is 1. The molecule has 0 saturated carbocycles. The molecule has 1 heterocycles. The molecular formula is C11H14Cl2N2O2. The number of halogens is 2. The molecule has 0 bridgehead atoms. The molecule has 0 unspecified atom stereocenters. The summed E-state index contributed by atoms with van der Waals surface area (Å²) in [6, 6.07) is 5.26. The fourth-order valence-corrected chi connectivity index (χ4v) is 2.21. The van der Waals surface area contributed by atoms with Gasteiger partial charge in [-0.15, -0.1) is 12.4 Å². The van der Waals surface area contributed by atoms with Crippen molar-refractivity contribution in [3.05, 3.63) is 38.9 Å². The van der Waals surface area contributed by atoms with E-state index in [9.17, 15) is 10.1 Å². The number of nitrogens with zero attached hydrogens (tertiary/aromatic N) is 1. The minimum absolute atomic E-state index is 0. The lowest BCUT2D eigenvalue weighted by atomic mass is 9.97. The topological polar surface area (TPSA) is 55.2 Å². The van der Waals surface area contributed by atoms with Gasteiger partial charge >= 0.3 is 0 Å². The molecule has 0 radical (unpaired) electrons. The van der Waals surface area contributed by atoms with Gasteiger partial charge in [0.1, 0.15) is 5.02 Å². The summed E-state index contributed by atoms with van der Waals surface area (Å²) in [7, 11) is 0. The zero-order valence-electron chi connectivity index (χ0n) is 9.19. The molecule has 4 nitrogen and oxygen atoms in total. The van der Waals surface area contributed by atoms with Crippen LogP contribution < -0.4 is 5.32 Å². The van der Waals surface area contributed by atoms with Crippen LogP contribution in [0.25, 0.3) is 0 Å². The number of benzene rings is 1. The Balaban J connectivity index is 0.00000144. The van der Waals surface area contributed by atoms with Gasteiger partial charge in [0, 0.05) is 12.1 Å². The number of nitro groups is 1. The van der Waals surface area contributed by atoms with Crippen molar-refractivity contribution in [2.75, 3.05) is 6.54 Å². The van der Waals surface area contributed by atoms with E-state index >= 15 is 0 Å². The van der Waals surface area contributed by atoms with E-state index in [0.29, 0.717) is 0 Å². The van der Waals surface area contributed by atoms with Crippen LogP contribution in [-0.2, 0) is 0 Å². The number of hydrogen-bond acceptors (Lipinski definition) is 3. The van der Waals surface area contributed by atoms with Crippen LogP contribution in [-0.4, -0.2) is 11.5 Å². The summed E-state index contributed by atoms with van der Waals surface area (Å²) in [5.74, 6) is 0. The average molecular weight is 277 g/mol. The Morgan fingerprint density at radius 3 is 2.76 bits per heavy atom. The summed E-state index contributed by atoms with van der Waals surface area (Å²) in [6.07, 6.45) is 3.36. The molecule has 1 aromatic carbocycles. The Morgan fingerprint density at radius 2 is 2.18 bits per heavy atom. The van der Waals surface area contributed by atoms with Crippen molar-refractivity contribution < 1.29 is 4.92 Å². The van der Waals surface area contributed by atoms with Crippen molar-refractivity contribution in [1.29, 1.82) is 0 Å². The lowest BCUT2D eigenvalue weighted by Gasteiger charge is -2.23. The second-order valence-corrected chi connectivity index (χ2v) is 4.38. The van der Waals surface area contributed by atoms with E-state index in [0.717, 1.165) is 24.9 Å². The van der Waals surface area contributed by atoms with Crippen LogP contribution in [0.2, 0.25) is 5.02 Å². The quantitative estimate of drug-likeness (QED) is 0.665. The Kier molecular flexibility index (Phi) is 5.18. The number of nitro benzene ring substituents is 1. The Hall–Kier alpha value is -0.840. The van der Waals surface area contributed by atoms with E-state index < -0.39 is 4.92 Å². The summed E-state index contributed by atoms with van der Waals surface area (Å²) >= 11 is 5.77. The number of rotatable bonds is 2. The molecule has 0 spiro atoms. The van der Waals surface area contributed by atoms with E-state index in [1.165, 1.54) is 6.42 Å². The van der Waals surface area contributed by atoms with Gasteiger partial charge in [0.25, 0.3) is 5.69 Å². The molecule has 17 heavy (non-hydrogen) atoms. The molecule has 1 aromatic rings. The third kappa shape index (κ3) is 3.31. The molecule has 0 aromatic heterocycles. The zero-order chi connectivity index (χ0) is 11.5. The molecule has 94 valence electrons. The van der Waals surface area contributed by atoms with Crippen LogP contribution >= 0.6 is 24.0 Å². The largest absolute Gasteiger partial charge is 0.310 e. The van der Waals surface area contributed by atoms with Gasteiger partial charge in [-0.3, -0.25) is 10.1 Å². The highest BCUT2D eigenvalue weighted by molar-refractivity contribution is 6.32. The first-order chi connectivity index (χ1) is 7.68. The second kappa shape index (κ2) is 6.19. The van der Waals surface area contributed by atoms with Crippen molar-refractivity contribution in [3.8, 4) is 0 Å². The van der Waals surface area contributed by atoms with Crippen LogP contribution in [0.4, 0.5) is 5.69 Å². The van der Waals surface area contributed by atoms with Crippen LogP contribution in [0.3, 0.4) is 0 Å². The number of nitrogens with one attached hydrogen (secondary N) is 1. The van der Waals surface area contributed by atoms with Crippen LogP contribution in [0.15, 0.2) is 18.2 Å². The first kappa shape index (κ1) is 14.2. The normalized spacial score (nSPS) is 19.5. The molecular weight excluding hydrogens is 263 g/mol. The summed E-state index contributed by atoms with van der Waals surface area (Å²) < 4.78 is 0. The van der Waals surface area contributed by atoms with Gasteiger partial charge in [-0.2, -0.15) is 0 Å². The van der Waals surface area contributed by atoms with Crippen LogP contribution in [0, 0.1) is 10.1 Å². The maximum Gasteiger partial charge on any atom is 0.288 e. The van der Waals surface area contributed by atoms with Gasteiger partial charge in [-0.05, 0) is 31.0 Å². The van der Waals surface area contributed by atoms with Gasteiger partial charge in [0.15, 0.2) is 0 Å². The molecule has 1 atom stereocenters. The predicted molar refractivity (Wildman–Crippen MR) is 69.9 cm³/mol. The van der Waals surface area contributed by atoms with Gasteiger partial charge in [0.05, 0.1) is 4.92 Å². The summed E-state index contributed by atoms with van der Waals surface area (Å²) in [5, 5.41) is 14.3. The average Bonchev–Trinajstić information content (AvgIpc) is 2.30. The molecule has 2 rings (SSSR count). The standard InChI is InChI=1S/C11H13ClN2O2.ClH/c12-9-5-4-8(7-11(9)14(15)16)10-3-1-2-6-13-10;/h4-5,7,10,13H,1-3,6H2;1H/t10-;/m0./s1. The fourth-order valence-electron chi connectivity index (χ4n) is 2.02. The minimum Gasteiger partial charge on any atom is -0.310 e. The van der Waals surface area contributed by atoms with E-state index in [4.69, 9.17) is 11.6 Å². The minimum atomic E-state index is -0.436. The van der Waals surface area contributed by atoms with Crippen LogP contribution in [0.5, 0.6) is 0 Å². The lowest BCUT2D eigenvalue weighted by Crippen LogP contribution is -2.26. The highest BCUT2D eigenvalue weighted by Crippen LogP contribution is 2.30. The van der Waals surface area contributed by atoms with E-state index in [1.54, 1.807) is 12.1 Å². The molecule has 0 amide bonds. The van der Waals surface area contributed by atoms with Crippen molar-refractivity contribution >= 4 is 29.7 Å². The summed E-state index contributed by atoms with van der Waals surface area (Å²) in [5.41, 5.74) is 0.947. The smallest absolute Gasteiger partial charge is 0.288 e. The maximum atomic E-state index is 10.8. The zero-order valence-corrected chi connectivity index (χ0v) is 10.8. The highest BCUT2D eigenvalue weighted by atomic mass is 35.5. The molecule has 0 aliphatic carbocycles. The molecule has 1 aliphatic rings. The molecule has 1 aliphatic heterocycles. The van der Waals surface area contributed by atoms with Crippen molar-refractivity contribution in [3.63, 3.8) is 0 Å². The summed E-state index contributed by atoms with van der Waals surface area (Å²) in [6.45, 7) is 0.973. The molecule has 1 saturated heterocycles. The second-order valence-electron chi connectivity index (χ2n) is 3.97. The highest BCUT2D eigenvalue weighted by Gasteiger charge is 2.19. The van der Waals surface area contributed by atoms with Gasteiger partial charge in [0.2, 0.25) is 0 Å². The lowest BCUT2D eigenvalue weighted by molar-refractivity contribution is -0.384. The van der Waals surface area contributed by atoms with Crippen LogP contribution in [0.1, 0.15) is 30.9 Å². The molecule has 6 heteroatoms. The first-order valence-corrected chi connectivity index (χ1v) is 5.73. The SMILES string of the molecule is Cl.O=[N+]([O-])c1cc([C@@H]2CCCCN2)ccc1Cl. The van der Waals surface area contributed by atoms with Gasteiger partial charge < -0.3 is 5.32 Å². The van der Waals surface area contributed by atoms with E-state index in [2.05, 4.69) is 5.32 Å². The summed E-state index contributed by atoms with van der Waals surface area (Å²) in [4.78, 5) is 10.3. The van der Waals surface area contributed by atoms with Crippen molar-refractivity contribution in [2.45, 2.75) is 25.3 Å².